The fourth-order valence-electron chi connectivity index (χ4n) is 2.91. The maximum Gasteiger partial charge on any atom is 0.244 e. The second-order valence-corrected chi connectivity index (χ2v) is 7.56. The number of nitrogens with one attached hydrogen (secondary N) is 1. The molecule has 1 aromatic carbocycles. The number of carbonyl (C=O) groups is 1. The van der Waals surface area contributed by atoms with Crippen LogP contribution in [0.25, 0.3) is 0 Å². The van der Waals surface area contributed by atoms with E-state index in [0.29, 0.717) is 5.25 Å². The SMILES string of the molecule is CCSC1CCCC(NC(=O)C(C)(N)c2ccccc2)C1. The van der Waals surface area contributed by atoms with E-state index in [-0.39, 0.29) is 11.9 Å². The maximum atomic E-state index is 12.6. The van der Waals surface area contributed by atoms with Crippen LogP contribution in [0.5, 0.6) is 0 Å². The number of hydrogen-bond donors (Lipinski definition) is 2. The van der Waals surface area contributed by atoms with E-state index >= 15 is 0 Å². The molecule has 0 aromatic heterocycles. The Bertz CT molecular complexity index is 459. The van der Waals surface area contributed by atoms with Gasteiger partial charge in [0.05, 0.1) is 0 Å². The highest BCUT2D eigenvalue weighted by atomic mass is 32.2. The first kappa shape index (κ1) is 16.4. The highest BCUT2D eigenvalue weighted by Gasteiger charge is 2.33. The smallest absolute Gasteiger partial charge is 0.244 e. The van der Waals surface area contributed by atoms with Crippen LogP contribution in [0.15, 0.2) is 30.3 Å². The second kappa shape index (κ2) is 7.32. The zero-order valence-corrected chi connectivity index (χ0v) is 13.8. The zero-order valence-electron chi connectivity index (χ0n) is 13.0. The van der Waals surface area contributed by atoms with Crippen LogP contribution >= 0.6 is 11.8 Å². The fourth-order valence-corrected chi connectivity index (χ4v) is 4.09. The third-order valence-corrected chi connectivity index (χ3v) is 5.44. The van der Waals surface area contributed by atoms with Crippen molar-refractivity contribution in [1.82, 2.24) is 5.32 Å². The van der Waals surface area contributed by atoms with Gasteiger partial charge in [-0.05, 0) is 37.5 Å². The molecular weight excluding hydrogens is 280 g/mol. The molecule has 0 bridgehead atoms. The Balaban J connectivity index is 1.97. The minimum absolute atomic E-state index is 0.0687. The summed E-state index contributed by atoms with van der Waals surface area (Å²) in [5, 5.41) is 3.84. The zero-order chi connectivity index (χ0) is 15.3. The van der Waals surface area contributed by atoms with Gasteiger partial charge in [-0.1, -0.05) is 43.7 Å². The first-order chi connectivity index (χ1) is 10.0. The van der Waals surface area contributed by atoms with E-state index in [1.165, 1.54) is 12.8 Å². The highest BCUT2D eigenvalue weighted by molar-refractivity contribution is 7.99. The van der Waals surface area contributed by atoms with Crippen molar-refractivity contribution in [3.63, 3.8) is 0 Å². The number of rotatable bonds is 5. The number of thioether (sulfide) groups is 1. The van der Waals surface area contributed by atoms with Crippen molar-refractivity contribution in [3.05, 3.63) is 35.9 Å². The number of nitrogens with two attached hydrogens (primary N) is 1. The average Bonchev–Trinajstić information content (AvgIpc) is 2.49. The molecule has 2 rings (SSSR count). The monoisotopic (exact) mass is 306 g/mol. The summed E-state index contributed by atoms with van der Waals surface area (Å²) < 4.78 is 0. The molecule has 3 atom stereocenters. The van der Waals surface area contributed by atoms with Crippen LogP contribution in [0, 0.1) is 0 Å². The molecule has 116 valence electrons. The van der Waals surface area contributed by atoms with Gasteiger partial charge in [-0.2, -0.15) is 11.8 Å². The molecule has 0 aliphatic heterocycles. The molecule has 1 aliphatic rings. The lowest BCUT2D eigenvalue weighted by molar-refractivity contribution is -0.127. The van der Waals surface area contributed by atoms with Crippen molar-refractivity contribution in [2.75, 3.05) is 5.75 Å². The Morgan fingerprint density at radius 1 is 1.38 bits per heavy atom. The lowest BCUT2D eigenvalue weighted by Gasteiger charge is -2.32. The van der Waals surface area contributed by atoms with Gasteiger partial charge in [-0.3, -0.25) is 4.79 Å². The van der Waals surface area contributed by atoms with Crippen molar-refractivity contribution in [1.29, 1.82) is 0 Å². The third kappa shape index (κ3) is 4.24. The summed E-state index contributed by atoms with van der Waals surface area (Å²) >= 11 is 2.00. The van der Waals surface area contributed by atoms with E-state index in [1.54, 1.807) is 6.92 Å². The third-order valence-electron chi connectivity index (χ3n) is 4.21. The molecule has 3 unspecified atom stereocenters. The summed E-state index contributed by atoms with van der Waals surface area (Å²) in [4.78, 5) is 12.6. The Hall–Kier alpha value is -1.00. The molecule has 4 heteroatoms. The van der Waals surface area contributed by atoms with Crippen LogP contribution in [-0.2, 0) is 10.3 Å². The summed E-state index contributed by atoms with van der Waals surface area (Å²) in [7, 11) is 0. The predicted octanol–water partition coefficient (Wildman–Crippen LogP) is 3.04. The maximum absolute atomic E-state index is 12.6. The van der Waals surface area contributed by atoms with Crippen molar-refractivity contribution in [3.8, 4) is 0 Å². The standard InChI is InChI=1S/C17H26N2OS/c1-3-21-15-11-7-10-14(12-15)19-16(20)17(2,18)13-8-5-4-6-9-13/h4-6,8-9,14-15H,3,7,10-12,18H2,1-2H3,(H,19,20). The summed E-state index contributed by atoms with van der Waals surface area (Å²) in [6.45, 7) is 3.98. The number of benzene rings is 1. The summed E-state index contributed by atoms with van der Waals surface area (Å²) in [5.74, 6) is 1.07. The van der Waals surface area contributed by atoms with Gasteiger partial charge in [0.25, 0.3) is 0 Å². The highest BCUT2D eigenvalue weighted by Crippen LogP contribution is 2.29. The number of amides is 1. The van der Waals surface area contributed by atoms with Crippen LogP contribution in [0.2, 0.25) is 0 Å². The van der Waals surface area contributed by atoms with E-state index in [1.807, 2.05) is 42.1 Å². The molecule has 1 aromatic rings. The minimum atomic E-state index is -0.966. The van der Waals surface area contributed by atoms with Crippen LogP contribution < -0.4 is 11.1 Å². The molecule has 0 spiro atoms. The van der Waals surface area contributed by atoms with Crippen molar-refractivity contribution < 1.29 is 4.79 Å². The summed E-state index contributed by atoms with van der Waals surface area (Å²) in [5.41, 5.74) is 6.17. The molecule has 3 nitrogen and oxygen atoms in total. The quantitative estimate of drug-likeness (QED) is 0.879. The average molecular weight is 306 g/mol. The van der Waals surface area contributed by atoms with E-state index in [4.69, 9.17) is 5.73 Å². The van der Waals surface area contributed by atoms with Gasteiger partial charge in [0.2, 0.25) is 5.91 Å². The van der Waals surface area contributed by atoms with Crippen LogP contribution in [0.4, 0.5) is 0 Å². The second-order valence-electron chi connectivity index (χ2n) is 5.98. The van der Waals surface area contributed by atoms with Crippen LogP contribution in [0.1, 0.15) is 45.1 Å². The minimum Gasteiger partial charge on any atom is -0.351 e. The van der Waals surface area contributed by atoms with Gasteiger partial charge < -0.3 is 11.1 Å². The molecule has 1 aliphatic carbocycles. The van der Waals surface area contributed by atoms with Gasteiger partial charge in [-0.15, -0.1) is 0 Å². The molecular formula is C17H26N2OS. The molecule has 0 heterocycles. The fraction of sp³-hybridized carbons (Fsp3) is 0.588. The first-order valence-corrected chi connectivity index (χ1v) is 8.86. The van der Waals surface area contributed by atoms with E-state index in [2.05, 4.69) is 12.2 Å². The van der Waals surface area contributed by atoms with Crippen LogP contribution in [0.3, 0.4) is 0 Å². The summed E-state index contributed by atoms with van der Waals surface area (Å²) in [6.07, 6.45) is 4.59. The first-order valence-electron chi connectivity index (χ1n) is 7.81. The van der Waals surface area contributed by atoms with Crippen LogP contribution in [-0.4, -0.2) is 23.0 Å². The van der Waals surface area contributed by atoms with Gasteiger partial charge in [0.1, 0.15) is 5.54 Å². The van der Waals surface area contributed by atoms with Gasteiger partial charge >= 0.3 is 0 Å². The molecule has 0 radical (unpaired) electrons. The van der Waals surface area contributed by atoms with E-state index in [0.717, 1.165) is 24.2 Å². The lowest BCUT2D eigenvalue weighted by Crippen LogP contribution is -2.52. The lowest BCUT2D eigenvalue weighted by atomic mass is 9.90. The molecule has 1 saturated carbocycles. The molecule has 1 fully saturated rings. The Kier molecular flexibility index (Phi) is 5.71. The van der Waals surface area contributed by atoms with Gasteiger partial charge in [0, 0.05) is 11.3 Å². The van der Waals surface area contributed by atoms with Crippen molar-refractivity contribution >= 4 is 17.7 Å². The summed E-state index contributed by atoms with van der Waals surface area (Å²) in [6, 6.07) is 9.86. The number of carbonyl (C=O) groups excluding carboxylic acids is 1. The Labute approximate surface area is 132 Å². The van der Waals surface area contributed by atoms with Crippen molar-refractivity contribution in [2.24, 2.45) is 5.73 Å². The van der Waals surface area contributed by atoms with E-state index < -0.39 is 5.54 Å². The topological polar surface area (TPSA) is 55.1 Å². The van der Waals surface area contributed by atoms with E-state index in [9.17, 15) is 4.79 Å². The predicted molar refractivity (Wildman–Crippen MR) is 90.3 cm³/mol. The Morgan fingerprint density at radius 2 is 2.10 bits per heavy atom. The molecule has 21 heavy (non-hydrogen) atoms. The van der Waals surface area contributed by atoms with Gasteiger partial charge in [0.15, 0.2) is 0 Å². The Morgan fingerprint density at radius 3 is 2.76 bits per heavy atom. The number of hydrogen-bond acceptors (Lipinski definition) is 3. The normalized spacial score (nSPS) is 25.1. The van der Waals surface area contributed by atoms with Gasteiger partial charge in [-0.25, -0.2) is 0 Å². The molecule has 0 saturated heterocycles. The molecule has 3 N–H and O–H groups in total. The largest absolute Gasteiger partial charge is 0.351 e. The van der Waals surface area contributed by atoms with Crippen molar-refractivity contribution in [2.45, 2.75) is 56.4 Å². The molecule has 1 amide bonds.